The molecule has 0 aliphatic carbocycles. The van der Waals surface area contributed by atoms with E-state index in [1.807, 2.05) is 26.8 Å². The van der Waals surface area contributed by atoms with Gasteiger partial charge < -0.3 is 15.4 Å². The Hall–Kier alpha value is -2.81. The largest absolute Gasteiger partial charge is 0.462 e. The third kappa shape index (κ3) is 6.13. The van der Waals surface area contributed by atoms with E-state index in [2.05, 4.69) is 10.6 Å². The summed E-state index contributed by atoms with van der Waals surface area (Å²) in [7, 11) is 0. The Bertz CT molecular complexity index is 645. The molecule has 0 aliphatic heterocycles. The van der Waals surface area contributed by atoms with Crippen LogP contribution in [0.1, 0.15) is 44.0 Å². The maximum Gasteiger partial charge on any atom is 0.340 e. The minimum absolute atomic E-state index is 0.0714. The molecule has 6 heteroatoms. The van der Waals surface area contributed by atoms with E-state index in [1.54, 1.807) is 24.3 Å². The Balaban J connectivity index is 2.87. The van der Waals surface area contributed by atoms with Crippen molar-refractivity contribution in [3.8, 4) is 6.07 Å². The number of amides is 1. The van der Waals surface area contributed by atoms with Crippen LogP contribution in [0.25, 0.3) is 0 Å². The van der Waals surface area contributed by atoms with Crippen LogP contribution in [0.3, 0.4) is 0 Å². The smallest absolute Gasteiger partial charge is 0.340 e. The molecule has 1 rings (SSSR count). The van der Waals surface area contributed by atoms with E-state index < -0.39 is 11.9 Å². The second-order valence-corrected chi connectivity index (χ2v) is 5.48. The third-order valence-corrected chi connectivity index (χ3v) is 3.05. The molecule has 0 atom stereocenters. The van der Waals surface area contributed by atoms with E-state index in [-0.39, 0.29) is 17.2 Å². The van der Waals surface area contributed by atoms with Crippen LogP contribution in [-0.2, 0) is 9.53 Å². The lowest BCUT2D eigenvalue weighted by molar-refractivity contribution is -0.112. The fourth-order valence-electron chi connectivity index (χ4n) is 1.75. The standard InChI is InChI=1S/C18H23N3O3/c1-4-5-10-24-18(23)15-8-6-7-9-16(15)21-17(22)14(11-19)12-20-13(2)3/h6-9,12-13,20H,4-5,10H2,1-3H3,(H,21,22)/b14-12-. The van der Waals surface area contributed by atoms with Gasteiger partial charge in [-0.25, -0.2) is 4.79 Å². The number of esters is 1. The number of carbonyl (C=O) groups excluding carboxylic acids is 2. The molecule has 0 aliphatic rings. The minimum Gasteiger partial charge on any atom is -0.462 e. The van der Waals surface area contributed by atoms with Crippen LogP contribution >= 0.6 is 0 Å². The number of carbonyl (C=O) groups is 2. The molecule has 24 heavy (non-hydrogen) atoms. The Morgan fingerprint density at radius 1 is 1.33 bits per heavy atom. The van der Waals surface area contributed by atoms with E-state index >= 15 is 0 Å². The summed E-state index contributed by atoms with van der Waals surface area (Å²) in [6.45, 7) is 6.12. The van der Waals surface area contributed by atoms with Gasteiger partial charge in [0, 0.05) is 12.2 Å². The number of hydrogen-bond donors (Lipinski definition) is 2. The second-order valence-electron chi connectivity index (χ2n) is 5.48. The molecule has 1 amide bonds. The zero-order valence-electron chi connectivity index (χ0n) is 14.3. The van der Waals surface area contributed by atoms with Crippen LogP contribution in [0.4, 0.5) is 5.69 Å². The van der Waals surface area contributed by atoms with Gasteiger partial charge in [0.15, 0.2) is 0 Å². The average molecular weight is 329 g/mol. The second kappa shape index (κ2) is 10.1. The molecule has 0 unspecified atom stereocenters. The van der Waals surface area contributed by atoms with Gasteiger partial charge in [-0.3, -0.25) is 4.79 Å². The molecular formula is C18H23N3O3. The summed E-state index contributed by atoms with van der Waals surface area (Å²) in [5.74, 6) is -1.08. The predicted octanol–water partition coefficient (Wildman–Crippen LogP) is 2.99. The van der Waals surface area contributed by atoms with Gasteiger partial charge in [-0.1, -0.05) is 25.5 Å². The van der Waals surface area contributed by atoms with Crippen LogP contribution in [-0.4, -0.2) is 24.5 Å². The molecule has 2 N–H and O–H groups in total. The van der Waals surface area contributed by atoms with Gasteiger partial charge >= 0.3 is 5.97 Å². The van der Waals surface area contributed by atoms with Crippen molar-refractivity contribution in [1.29, 1.82) is 5.26 Å². The lowest BCUT2D eigenvalue weighted by Gasteiger charge is -2.11. The van der Waals surface area contributed by atoms with Crippen LogP contribution < -0.4 is 10.6 Å². The molecule has 0 saturated carbocycles. The summed E-state index contributed by atoms with van der Waals surface area (Å²) < 4.78 is 5.17. The molecule has 0 aromatic heterocycles. The SMILES string of the molecule is CCCCOC(=O)c1ccccc1NC(=O)/C(C#N)=C\NC(C)C. The maximum absolute atomic E-state index is 12.2. The van der Waals surface area contributed by atoms with Crippen molar-refractivity contribution in [3.05, 3.63) is 41.6 Å². The molecule has 1 aromatic rings. The fraction of sp³-hybridized carbons (Fsp3) is 0.389. The Kier molecular flexibility index (Phi) is 8.06. The number of unbranched alkanes of at least 4 members (excludes halogenated alkanes) is 1. The topological polar surface area (TPSA) is 91.2 Å². The van der Waals surface area contributed by atoms with Crippen molar-refractivity contribution < 1.29 is 14.3 Å². The van der Waals surface area contributed by atoms with Crippen molar-refractivity contribution in [2.24, 2.45) is 0 Å². The van der Waals surface area contributed by atoms with Gasteiger partial charge in [0.1, 0.15) is 11.6 Å². The number of nitriles is 1. The third-order valence-electron chi connectivity index (χ3n) is 3.05. The summed E-state index contributed by atoms with van der Waals surface area (Å²) in [4.78, 5) is 24.3. The number of anilines is 1. The van der Waals surface area contributed by atoms with Crippen molar-refractivity contribution in [2.75, 3.05) is 11.9 Å². The Morgan fingerprint density at radius 3 is 2.67 bits per heavy atom. The van der Waals surface area contributed by atoms with Crippen molar-refractivity contribution >= 4 is 17.6 Å². The monoisotopic (exact) mass is 329 g/mol. The molecule has 0 fully saturated rings. The first kappa shape index (κ1) is 19.2. The molecule has 0 heterocycles. The molecule has 1 aromatic carbocycles. The first-order chi connectivity index (χ1) is 11.5. The number of rotatable bonds is 8. The van der Waals surface area contributed by atoms with Crippen molar-refractivity contribution in [2.45, 2.75) is 39.7 Å². The van der Waals surface area contributed by atoms with Gasteiger partial charge in [0.2, 0.25) is 0 Å². The first-order valence-corrected chi connectivity index (χ1v) is 7.93. The molecule has 6 nitrogen and oxygen atoms in total. The van der Waals surface area contributed by atoms with Crippen LogP contribution in [0.15, 0.2) is 36.0 Å². The van der Waals surface area contributed by atoms with Crippen LogP contribution in [0.2, 0.25) is 0 Å². The normalized spacial score (nSPS) is 10.9. The summed E-state index contributed by atoms with van der Waals surface area (Å²) in [6.07, 6.45) is 3.06. The van der Waals surface area contributed by atoms with Crippen molar-refractivity contribution in [3.63, 3.8) is 0 Å². The van der Waals surface area contributed by atoms with Crippen LogP contribution in [0, 0.1) is 11.3 Å². The lowest BCUT2D eigenvalue weighted by Crippen LogP contribution is -2.21. The van der Waals surface area contributed by atoms with Crippen LogP contribution in [0.5, 0.6) is 0 Å². The number of nitrogens with zero attached hydrogens (tertiary/aromatic N) is 1. The molecule has 0 spiro atoms. The number of nitrogens with one attached hydrogen (secondary N) is 2. The summed E-state index contributed by atoms with van der Waals surface area (Å²) >= 11 is 0. The van der Waals surface area contributed by atoms with Gasteiger partial charge in [0.25, 0.3) is 5.91 Å². The molecule has 0 radical (unpaired) electrons. The van der Waals surface area contributed by atoms with Gasteiger partial charge in [-0.15, -0.1) is 0 Å². The zero-order chi connectivity index (χ0) is 17.9. The molecule has 128 valence electrons. The number of para-hydroxylation sites is 1. The molecular weight excluding hydrogens is 306 g/mol. The highest BCUT2D eigenvalue weighted by atomic mass is 16.5. The van der Waals surface area contributed by atoms with Gasteiger partial charge in [-0.2, -0.15) is 5.26 Å². The zero-order valence-corrected chi connectivity index (χ0v) is 14.3. The number of hydrogen-bond acceptors (Lipinski definition) is 5. The molecule has 0 bridgehead atoms. The Morgan fingerprint density at radius 2 is 2.04 bits per heavy atom. The summed E-state index contributed by atoms with van der Waals surface area (Å²) in [6, 6.07) is 8.49. The summed E-state index contributed by atoms with van der Waals surface area (Å²) in [5, 5.41) is 14.6. The van der Waals surface area contributed by atoms with E-state index in [1.165, 1.54) is 6.20 Å². The number of benzene rings is 1. The quantitative estimate of drug-likeness (QED) is 0.331. The maximum atomic E-state index is 12.2. The predicted molar refractivity (Wildman–Crippen MR) is 92.2 cm³/mol. The minimum atomic E-state index is -0.584. The number of ether oxygens (including phenoxy) is 1. The highest BCUT2D eigenvalue weighted by molar-refractivity contribution is 6.09. The fourth-order valence-corrected chi connectivity index (χ4v) is 1.75. The Labute approximate surface area is 142 Å². The average Bonchev–Trinajstić information content (AvgIpc) is 2.55. The van der Waals surface area contributed by atoms with Crippen molar-refractivity contribution in [1.82, 2.24) is 5.32 Å². The van der Waals surface area contributed by atoms with E-state index in [0.717, 1.165) is 12.8 Å². The van der Waals surface area contributed by atoms with E-state index in [9.17, 15) is 9.59 Å². The summed E-state index contributed by atoms with van der Waals surface area (Å²) in [5.41, 5.74) is 0.503. The lowest BCUT2D eigenvalue weighted by atomic mass is 10.1. The first-order valence-electron chi connectivity index (χ1n) is 7.93. The highest BCUT2D eigenvalue weighted by Crippen LogP contribution is 2.17. The van der Waals surface area contributed by atoms with E-state index in [4.69, 9.17) is 10.00 Å². The molecule has 0 saturated heterocycles. The van der Waals surface area contributed by atoms with Gasteiger partial charge in [0.05, 0.1) is 17.9 Å². The van der Waals surface area contributed by atoms with E-state index in [0.29, 0.717) is 12.3 Å². The highest BCUT2D eigenvalue weighted by Gasteiger charge is 2.16. The van der Waals surface area contributed by atoms with Gasteiger partial charge in [-0.05, 0) is 32.4 Å².